The molecule has 5 heteroatoms. The molecule has 0 spiro atoms. The van der Waals surface area contributed by atoms with Crippen LogP contribution in [0.15, 0.2) is 34.2 Å². The topological polar surface area (TPSA) is 42.2 Å². The van der Waals surface area contributed by atoms with Crippen LogP contribution in [0.25, 0.3) is 0 Å². The van der Waals surface area contributed by atoms with Gasteiger partial charge < -0.3 is 10.6 Å². The second-order valence-corrected chi connectivity index (χ2v) is 6.81. The van der Waals surface area contributed by atoms with Gasteiger partial charge in [0, 0.05) is 28.5 Å². The predicted molar refractivity (Wildman–Crippen MR) is 88.9 cm³/mol. The number of halogens is 1. The van der Waals surface area contributed by atoms with E-state index in [9.17, 15) is 0 Å². The molecule has 2 aromatic rings. The van der Waals surface area contributed by atoms with Crippen LogP contribution in [0.5, 0.6) is 0 Å². The first-order chi connectivity index (χ1) is 9.58. The standard InChI is InChI=1S/C15H20BrN3S/c1-11-15(20-10-18-11)9-19(2)8-7-14(17)12-5-3-4-6-13(12)16/h3-6,10,14H,7-9,17H2,1-2H3. The summed E-state index contributed by atoms with van der Waals surface area (Å²) in [6.07, 6.45) is 0.941. The van der Waals surface area contributed by atoms with Crippen LogP contribution in [0.2, 0.25) is 0 Å². The Bertz CT molecular complexity index is 556. The number of benzene rings is 1. The molecule has 0 aliphatic heterocycles. The largest absolute Gasteiger partial charge is 0.324 e. The Kier molecular flexibility index (Phi) is 5.72. The van der Waals surface area contributed by atoms with Gasteiger partial charge in [0.2, 0.25) is 0 Å². The molecule has 0 saturated heterocycles. The van der Waals surface area contributed by atoms with E-state index in [2.05, 4.69) is 45.9 Å². The van der Waals surface area contributed by atoms with Crippen LogP contribution in [0.3, 0.4) is 0 Å². The second kappa shape index (κ2) is 7.31. The maximum absolute atomic E-state index is 6.28. The van der Waals surface area contributed by atoms with Crippen molar-refractivity contribution in [3.05, 3.63) is 50.4 Å². The molecule has 0 aliphatic rings. The lowest BCUT2D eigenvalue weighted by molar-refractivity contribution is 0.313. The van der Waals surface area contributed by atoms with E-state index in [0.717, 1.165) is 29.7 Å². The highest BCUT2D eigenvalue weighted by molar-refractivity contribution is 9.10. The van der Waals surface area contributed by atoms with Crippen molar-refractivity contribution in [2.45, 2.75) is 25.9 Å². The van der Waals surface area contributed by atoms with Crippen LogP contribution in [0.1, 0.15) is 28.6 Å². The fourth-order valence-electron chi connectivity index (χ4n) is 2.09. The molecule has 0 saturated carbocycles. The van der Waals surface area contributed by atoms with Crippen molar-refractivity contribution >= 4 is 27.3 Å². The van der Waals surface area contributed by atoms with Gasteiger partial charge in [0.25, 0.3) is 0 Å². The summed E-state index contributed by atoms with van der Waals surface area (Å²) in [5.74, 6) is 0. The Morgan fingerprint density at radius 1 is 1.40 bits per heavy atom. The van der Waals surface area contributed by atoms with Crippen LogP contribution in [-0.2, 0) is 6.54 Å². The van der Waals surface area contributed by atoms with Crippen molar-refractivity contribution in [3.8, 4) is 0 Å². The first-order valence-electron chi connectivity index (χ1n) is 6.65. The van der Waals surface area contributed by atoms with Crippen molar-refractivity contribution in [3.63, 3.8) is 0 Å². The molecule has 1 heterocycles. The molecule has 108 valence electrons. The number of thiazole rings is 1. The molecule has 1 unspecified atom stereocenters. The number of hydrogen-bond donors (Lipinski definition) is 1. The van der Waals surface area contributed by atoms with Gasteiger partial charge in [-0.05, 0) is 32.0 Å². The van der Waals surface area contributed by atoms with Gasteiger partial charge in [-0.1, -0.05) is 34.1 Å². The summed E-state index contributed by atoms with van der Waals surface area (Å²) in [5, 5.41) is 0. The molecule has 2 rings (SSSR count). The average Bonchev–Trinajstić information content (AvgIpc) is 2.82. The predicted octanol–water partition coefficient (Wildman–Crippen LogP) is 3.74. The minimum atomic E-state index is 0.0654. The van der Waals surface area contributed by atoms with Gasteiger partial charge in [-0.2, -0.15) is 0 Å². The highest BCUT2D eigenvalue weighted by atomic mass is 79.9. The average molecular weight is 354 g/mol. The summed E-state index contributed by atoms with van der Waals surface area (Å²) in [4.78, 5) is 7.92. The van der Waals surface area contributed by atoms with E-state index < -0.39 is 0 Å². The zero-order valence-electron chi connectivity index (χ0n) is 11.8. The zero-order valence-corrected chi connectivity index (χ0v) is 14.2. The van der Waals surface area contributed by atoms with Crippen LogP contribution in [0, 0.1) is 6.92 Å². The SMILES string of the molecule is Cc1ncsc1CN(C)CCC(N)c1ccccc1Br. The minimum absolute atomic E-state index is 0.0654. The summed E-state index contributed by atoms with van der Waals surface area (Å²) in [7, 11) is 2.13. The van der Waals surface area contributed by atoms with Gasteiger partial charge in [-0.25, -0.2) is 4.98 Å². The van der Waals surface area contributed by atoms with Gasteiger partial charge in [-0.15, -0.1) is 11.3 Å². The summed E-state index contributed by atoms with van der Waals surface area (Å²) in [6.45, 7) is 3.98. The molecular weight excluding hydrogens is 334 g/mol. The molecule has 0 bridgehead atoms. The van der Waals surface area contributed by atoms with Crippen molar-refractivity contribution in [1.29, 1.82) is 0 Å². The lowest BCUT2D eigenvalue weighted by Gasteiger charge is -2.20. The molecule has 1 aromatic heterocycles. The molecule has 0 radical (unpaired) electrons. The molecular formula is C15H20BrN3S. The first-order valence-corrected chi connectivity index (χ1v) is 8.32. The van der Waals surface area contributed by atoms with Crippen LogP contribution in [0.4, 0.5) is 0 Å². The Hall–Kier alpha value is -0.750. The quantitative estimate of drug-likeness (QED) is 0.859. The monoisotopic (exact) mass is 353 g/mol. The van der Waals surface area contributed by atoms with E-state index in [4.69, 9.17) is 5.73 Å². The van der Waals surface area contributed by atoms with Crippen molar-refractivity contribution in [1.82, 2.24) is 9.88 Å². The Morgan fingerprint density at radius 3 is 2.80 bits per heavy atom. The smallest absolute Gasteiger partial charge is 0.0798 e. The van der Waals surface area contributed by atoms with Crippen molar-refractivity contribution in [2.24, 2.45) is 5.73 Å². The van der Waals surface area contributed by atoms with Gasteiger partial charge >= 0.3 is 0 Å². The van der Waals surface area contributed by atoms with E-state index >= 15 is 0 Å². The molecule has 0 aliphatic carbocycles. The Morgan fingerprint density at radius 2 is 2.15 bits per heavy atom. The number of hydrogen-bond acceptors (Lipinski definition) is 4. The zero-order chi connectivity index (χ0) is 14.5. The van der Waals surface area contributed by atoms with E-state index in [1.807, 2.05) is 23.7 Å². The van der Waals surface area contributed by atoms with Gasteiger partial charge in [0.15, 0.2) is 0 Å². The van der Waals surface area contributed by atoms with Gasteiger partial charge in [-0.3, -0.25) is 0 Å². The summed E-state index contributed by atoms with van der Waals surface area (Å²) >= 11 is 5.28. The Balaban J connectivity index is 1.86. The van der Waals surface area contributed by atoms with E-state index in [0.29, 0.717) is 0 Å². The van der Waals surface area contributed by atoms with E-state index in [-0.39, 0.29) is 6.04 Å². The third-order valence-corrected chi connectivity index (χ3v) is 5.03. The highest BCUT2D eigenvalue weighted by Crippen LogP contribution is 2.24. The third kappa shape index (κ3) is 4.12. The summed E-state index contributed by atoms with van der Waals surface area (Å²) in [5.41, 5.74) is 10.5. The van der Waals surface area contributed by atoms with Crippen LogP contribution in [-0.4, -0.2) is 23.5 Å². The fraction of sp³-hybridized carbons (Fsp3) is 0.400. The number of nitrogens with zero attached hydrogens (tertiary/aromatic N) is 2. The number of aromatic nitrogens is 1. The Labute approximate surface area is 133 Å². The van der Waals surface area contributed by atoms with E-state index in [1.165, 1.54) is 10.4 Å². The maximum atomic E-state index is 6.28. The molecule has 0 amide bonds. The second-order valence-electron chi connectivity index (χ2n) is 5.02. The summed E-state index contributed by atoms with van der Waals surface area (Å²) in [6, 6.07) is 8.24. The third-order valence-electron chi connectivity index (χ3n) is 3.38. The van der Waals surface area contributed by atoms with E-state index in [1.54, 1.807) is 11.3 Å². The lowest BCUT2D eigenvalue weighted by Crippen LogP contribution is -2.23. The molecule has 3 nitrogen and oxygen atoms in total. The lowest BCUT2D eigenvalue weighted by atomic mass is 10.0. The number of nitrogens with two attached hydrogens (primary N) is 1. The molecule has 1 aromatic carbocycles. The minimum Gasteiger partial charge on any atom is -0.324 e. The van der Waals surface area contributed by atoms with Crippen molar-refractivity contribution in [2.75, 3.05) is 13.6 Å². The van der Waals surface area contributed by atoms with Crippen LogP contribution >= 0.6 is 27.3 Å². The number of rotatable bonds is 6. The van der Waals surface area contributed by atoms with Gasteiger partial charge in [0.1, 0.15) is 0 Å². The molecule has 2 N–H and O–H groups in total. The maximum Gasteiger partial charge on any atom is 0.0798 e. The number of aryl methyl sites for hydroxylation is 1. The normalized spacial score (nSPS) is 12.8. The molecule has 20 heavy (non-hydrogen) atoms. The molecule has 0 fully saturated rings. The first kappa shape index (κ1) is 15.6. The van der Waals surface area contributed by atoms with Gasteiger partial charge in [0.05, 0.1) is 11.2 Å². The van der Waals surface area contributed by atoms with Crippen LogP contribution < -0.4 is 5.73 Å². The molecule has 1 atom stereocenters. The summed E-state index contributed by atoms with van der Waals surface area (Å²) < 4.78 is 1.09. The van der Waals surface area contributed by atoms with Crippen molar-refractivity contribution < 1.29 is 0 Å². The highest BCUT2D eigenvalue weighted by Gasteiger charge is 2.11. The fourth-order valence-corrected chi connectivity index (χ4v) is 3.53.